The zero-order valence-corrected chi connectivity index (χ0v) is 12.4. The average Bonchev–Trinajstić information content (AvgIpc) is 2.50. The second-order valence-electron chi connectivity index (χ2n) is 4.73. The van der Waals surface area contributed by atoms with E-state index >= 15 is 0 Å². The van der Waals surface area contributed by atoms with Crippen molar-refractivity contribution in [1.29, 1.82) is 0 Å². The molecule has 0 aliphatic carbocycles. The van der Waals surface area contributed by atoms with Crippen molar-refractivity contribution in [2.75, 3.05) is 18.5 Å². The second-order valence-corrected chi connectivity index (χ2v) is 5.00. The Morgan fingerprint density at radius 1 is 1.50 bits per heavy atom. The van der Waals surface area contributed by atoms with Crippen molar-refractivity contribution in [3.05, 3.63) is 23.8 Å². The Hall–Kier alpha value is -1.26. The van der Waals surface area contributed by atoms with Crippen LogP contribution in [0.2, 0.25) is 0 Å². The van der Waals surface area contributed by atoms with E-state index in [2.05, 4.69) is 5.32 Å². The predicted molar refractivity (Wildman–Crippen MR) is 79.4 cm³/mol. The number of ether oxygens (including phenoxy) is 2. The number of carbonyl (C=O) groups excluding carboxylic acids is 1. The monoisotopic (exact) mass is 297 g/mol. The van der Waals surface area contributed by atoms with Gasteiger partial charge in [-0.15, -0.1) is 11.6 Å². The quantitative estimate of drug-likeness (QED) is 0.848. The topological polar surface area (TPSA) is 47.6 Å². The zero-order chi connectivity index (χ0) is 14.4. The molecule has 1 aromatic rings. The fraction of sp³-hybridized carbons (Fsp3) is 0.533. The largest absolute Gasteiger partial charge is 0.494 e. The minimum absolute atomic E-state index is 0.0885. The van der Waals surface area contributed by atoms with Crippen LogP contribution in [0.1, 0.15) is 31.7 Å². The Morgan fingerprint density at radius 2 is 2.35 bits per heavy atom. The first kappa shape index (κ1) is 15.1. The summed E-state index contributed by atoms with van der Waals surface area (Å²) in [5.74, 6) is 1.02. The van der Waals surface area contributed by atoms with Crippen LogP contribution < -0.4 is 10.1 Å². The van der Waals surface area contributed by atoms with Crippen molar-refractivity contribution < 1.29 is 14.3 Å². The Bertz CT molecular complexity index is 458. The molecule has 5 heteroatoms. The molecule has 2 rings (SSSR count). The third-order valence-corrected chi connectivity index (χ3v) is 3.53. The summed E-state index contributed by atoms with van der Waals surface area (Å²) in [4.78, 5) is 12.1. The first-order chi connectivity index (χ1) is 9.74. The number of nitrogens with one attached hydrogen (secondary N) is 1. The van der Waals surface area contributed by atoms with E-state index < -0.39 is 0 Å². The van der Waals surface area contributed by atoms with Crippen LogP contribution in [0, 0.1) is 0 Å². The van der Waals surface area contributed by atoms with Crippen LogP contribution in [-0.2, 0) is 15.4 Å². The molecule has 1 unspecified atom stereocenters. The van der Waals surface area contributed by atoms with Gasteiger partial charge < -0.3 is 14.8 Å². The number of hydrogen-bond acceptors (Lipinski definition) is 3. The van der Waals surface area contributed by atoms with Gasteiger partial charge in [-0.25, -0.2) is 0 Å². The van der Waals surface area contributed by atoms with E-state index in [0.717, 1.165) is 36.3 Å². The summed E-state index contributed by atoms with van der Waals surface area (Å²) in [6.45, 7) is 3.17. The van der Waals surface area contributed by atoms with Gasteiger partial charge in [0.1, 0.15) is 11.9 Å². The molecule has 1 amide bonds. The second kappa shape index (κ2) is 7.50. The molecular formula is C15H20ClNO3. The molecule has 1 aromatic carbocycles. The van der Waals surface area contributed by atoms with Gasteiger partial charge >= 0.3 is 0 Å². The maximum Gasteiger partial charge on any atom is 0.253 e. The molecule has 1 saturated heterocycles. The Balaban J connectivity index is 2.03. The molecule has 0 radical (unpaired) electrons. The maximum atomic E-state index is 12.1. The highest BCUT2D eigenvalue weighted by atomic mass is 35.5. The Kier molecular flexibility index (Phi) is 5.68. The molecule has 0 spiro atoms. The Morgan fingerprint density at radius 3 is 3.00 bits per heavy atom. The first-order valence-electron chi connectivity index (χ1n) is 6.98. The van der Waals surface area contributed by atoms with E-state index in [1.807, 2.05) is 25.1 Å². The van der Waals surface area contributed by atoms with Crippen LogP contribution >= 0.6 is 11.6 Å². The molecule has 0 saturated carbocycles. The van der Waals surface area contributed by atoms with Gasteiger partial charge in [0.25, 0.3) is 5.91 Å². The SMILES string of the molecule is CCOc1ccc(NC(=O)C2CCCCO2)cc1CCl. The van der Waals surface area contributed by atoms with Crippen LogP contribution in [0.25, 0.3) is 0 Å². The van der Waals surface area contributed by atoms with Crippen LogP contribution in [0.3, 0.4) is 0 Å². The van der Waals surface area contributed by atoms with Crippen molar-refractivity contribution >= 4 is 23.2 Å². The van der Waals surface area contributed by atoms with Gasteiger partial charge in [0, 0.05) is 17.9 Å². The molecule has 1 atom stereocenters. The smallest absolute Gasteiger partial charge is 0.253 e. The summed E-state index contributed by atoms with van der Waals surface area (Å²) >= 11 is 5.91. The summed E-state index contributed by atoms with van der Waals surface area (Å²) in [6.07, 6.45) is 2.51. The standard InChI is InChI=1S/C15H20ClNO3/c1-2-19-13-7-6-12(9-11(13)10-16)17-15(18)14-5-3-4-8-20-14/h6-7,9,14H,2-5,8,10H2,1H3,(H,17,18). The third kappa shape index (κ3) is 3.87. The summed E-state index contributed by atoms with van der Waals surface area (Å²) in [6, 6.07) is 5.50. The number of halogens is 1. The van der Waals surface area contributed by atoms with E-state index in [0.29, 0.717) is 19.1 Å². The van der Waals surface area contributed by atoms with E-state index in [1.165, 1.54) is 0 Å². The van der Waals surface area contributed by atoms with Gasteiger partial charge in [0.2, 0.25) is 0 Å². The number of amides is 1. The van der Waals surface area contributed by atoms with Gasteiger partial charge in [-0.1, -0.05) is 0 Å². The fourth-order valence-corrected chi connectivity index (χ4v) is 2.44. The summed E-state index contributed by atoms with van der Waals surface area (Å²) < 4.78 is 11.0. The highest BCUT2D eigenvalue weighted by molar-refractivity contribution is 6.17. The highest BCUT2D eigenvalue weighted by Crippen LogP contribution is 2.25. The maximum absolute atomic E-state index is 12.1. The van der Waals surface area contributed by atoms with Crippen molar-refractivity contribution in [1.82, 2.24) is 0 Å². The van der Waals surface area contributed by atoms with Crippen molar-refractivity contribution in [3.63, 3.8) is 0 Å². The third-order valence-electron chi connectivity index (χ3n) is 3.24. The van der Waals surface area contributed by atoms with Gasteiger partial charge in [-0.05, 0) is 44.4 Å². The average molecular weight is 298 g/mol. The number of benzene rings is 1. The first-order valence-corrected chi connectivity index (χ1v) is 7.52. The lowest BCUT2D eigenvalue weighted by Crippen LogP contribution is -2.33. The van der Waals surface area contributed by atoms with E-state index in [9.17, 15) is 4.79 Å². The van der Waals surface area contributed by atoms with Crippen LogP contribution in [0.4, 0.5) is 5.69 Å². The normalized spacial score (nSPS) is 18.6. The van der Waals surface area contributed by atoms with Gasteiger partial charge in [-0.3, -0.25) is 4.79 Å². The molecule has 4 nitrogen and oxygen atoms in total. The minimum Gasteiger partial charge on any atom is -0.494 e. The number of anilines is 1. The number of rotatable bonds is 5. The molecule has 1 N–H and O–H groups in total. The molecule has 1 aliphatic rings. The lowest BCUT2D eigenvalue weighted by molar-refractivity contribution is -0.129. The fourth-order valence-electron chi connectivity index (χ4n) is 2.23. The van der Waals surface area contributed by atoms with Crippen molar-refractivity contribution in [2.24, 2.45) is 0 Å². The number of carbonyl (C=O) groups is 1. The summed E-state index contributed by atoms with van der Waals surface area (Å²) in [7, 11) is 0. The van der Waals surface area contributed by atoms with E-state index in [1.54, 1.807) is 0 Å². The minimum atomic E-state index is -0.338. The van der Waals surface area contributed by atoms with Gasteiger partial charge in [0.15, 0.2) is 0 Å². The Labute approximate surface area is 124 Å². The molecule has 110 valence electrons. The molecule has 0 aromatic heterocycles. The number of hydrogen-bond donors (Lipinski definition) is 1. The van der Waals surface area contributed by atoms with E-state index in [4.69, 9.17) is 21.1 Å². The molecular weight excluding hydrogens is 278 g/mol. The van der Waals surface area contributed by atoms with E-state index in [-0.39, 0.29) is 12.0 Å². The molecule has 1 aliphatic heterocycles. The number of alkyl halides is 1. The lowest BCUT2D eigenvalue weighted by atomic mass is 10.1. The predicted octanol–water partition coefficient (Wildman–Crippen LogP) is 3.33. The van der Waals surface area contributed by atoms with Gasteiger partial charge in [-0.2, -0.15) is 0 Å². The van der Waals surface area contributed by atoms with Gasteiger partial charge in [0.05, 0.1) is 12.5 Å². The summed E-state index contributed by atoms with van der Waals surface area (Å²) in [5.41, 5.74) is 1.60. The molecule has 0 bridgehead atoms. The zero-order valence-electron chi connectivity index (χ0n) is 11.7. The van der Waals surface area contributed by atoms with Crippen molar-refractivity contribution in [2.45, 2.75) is 38.2 Å². The molecule has 1 heterocycles. The van der Waals surface area contributed by atoms with Crippen LogP contribution in [0.15, 0.2) is 18.2 Å². The summed E-state index contributed by atoms with van der Waals surface area (Å²) in [5, 5.41) is 2.88. The molecule has 1 fully saturated rings. The molecule has 20 heavy (non-hydrogen) atoms. The lowest BCUT2D eigenvalue weighted by Gasteiger charge is -2.22. The van der Waals surface area contributed by atoms with Crippen LogP contribution in [-0.4, -0.2) is 25.2 Å². The van der Waals surface area contributed by atoms with Crippen LogP contribution in [0.5, 0.6) is 5.75 Å². The highest BCUT2D eigenvalue weighted by Gasteiger charge is 2.22. The van der Waals surface area contributed by atoms with Crippen molar-refractivity contribution in [3.8, 4) is 5.75 Å².